The molecule has 1 heterocycles. The molecule has 20 heavy (non-hydrogen) atoms. The van der Waals surface area contributed by atoms with Crippen LogP contribution in [0.15, 0.2) is 30.6 Å². The van der Waals surface area contributed by atoms with Crippen molar-refractivity contribution in [1.82, 2.24) is 9.97 Å². The van der Waals surface area contributed by atoms with Crippen LogP contribution in [0.4, 0.5) is 11.5 Å². The van der Waals surface area contributed by atoms with E-state index in [1.54, 1.807) is 12.1 Å². The number of anilines is 2. The van der Waals surface area contributed by atoms with Crippen molar-refractivity contribution in [1.29, 1.82) is 5.26 Å². The van der Waals surface area contributed by atoms with Crippen molar-refractivity contribution in [3.8, 4) is 11.9 Å². The number of nitriles is 1. The fourth-order valence-corrected chi connectivity index (χ4v) is 1.65. The van der Waals surface area contributed by atoms with Gasteiger partial charge in [0.2, 0.25) is 5.88 Å². The molecule has 0 atom stereocenters. The second-order valence-corrected chi connectivity index (χ2v) is 4.04. The van der Waals surface area contributed by atoms with E-state index in [0.717, 1.165) is 5.56 Å². The lowest BCUT2D eigenvalue weighted by Crippen LogP contribution is -2.07. The van der Waals surface area contributed by atoms with E-state index in [-0.39, 0.29) is 0 Å². The summed E-state index contributed by atoms with van der Waals surface area (Å²) in [4.78, 5) is 8.06. The molecule has 2 rings (SSSR count). The van der Waals surface area contributed by atoms with Crippen LogP contribution in [-0.4, -0.2) is 16.6 Å². The van der Waals surface area contributed by atoms with Crippen LogP contribution in [-0.2, 0) is 6.54 Å². The van der Waals surface area contributed by atoms with E-state index in [2.05, 4.69) is 21.4 Å². The van der Waals surface area contributed by atoms with Gasteiger partial charge in [0, 0.05) is 6.54 Å². The first-order chi connectivity index (χ1) is 9.74. The van der Waals surface area contributed by atoms with Crippen LogP contribution in [0.1, 0.15) is 18.1 Å². The molecule has 0 amide bonds. The molecular formula is C14H15N5O. The van der Waals surface area contributed by atoms with Gasteiger partial charge >= 0.3 is 0 Å². The van der Waals surface area contributed by atoms with Gasteiger partial charge in [-0.25, -0.2) is 4.98 Å². The second kappa shape index (κ2) is 6.38. The Hall–Kier alpha value is -2.81. The van der Waals surface area contributed by atoms with Crippen LogP contribution in [0, 0.1) is 11.3 Å². The summed E-state index contributed by atoms with van der Waals surface area (Å²) >= 11 is 0. The van der Waals surface area contributed by atoms with Crippen LogP contribution in [0.3, 0.4) is 0 Å². The number of nitrogens with one attached hydrogen (secondary N) is 1. The Kier molecular flexibility index (Phi) is 4.35. The fourth-order valence-electron chi connectivity index (χ4n) is 1.65. The van der Waals surface area contributed by atoms with Crippen molar-refractivity contribution in [3.63, 3.8) is 0 Å². The molecule has 0 spiro atoms. The van der Waals surface area contributed by atoms with Gasteiger partial charge < -0.3 is 15.8 Å². The van der Waals surface area contributed by atoms with Crippen molar-refractivity contribution in [2.45, 2.75) is 13.5 Å². The van der Waals surface area contributed by atoms with Crippen LogP contribution >= 0.6 is 0 Å². The SMILES string of the molecule is CCOc1ncnc(NCc2ccc(C#N)cc2)c1N. The van der Waals surface area contributed by atoms with E-state index in [4.69, 9.17) is 15.7 Å². The summed E-state index contributed by atoms with van der Waals surface area (Å²) in [5, 5.41) is 11.9. The maximum Gasteiger partial charge on any atom is 0.242 e. The molecule has 0 aliphatic rings. The average Bonchev–Trinajstić information content (AvgIpc) is 2.49. The number of nitrogen functional groups attached to an aromatic ring is 1. The zero-order valence-corrected chi connectivity index (χ0v) is 11.1. The number of rotatable bonds is 5. The predicted octanol–water partition coefficient (Wildman–Crippen LogP) is 1.94. The average molecular weight is 269 g/mol. The number of hydrogen-bond donors (Lipinski definition) is 2. The van der Waals surface area contributed by atoms with Crippen molar-refractivity contribution in [2.75, 3.05) is 17.7 Å². The number of benzene rings is 1. The molecule has 0 aliphatic heterocycles. The van der Waals surface area contributed by atoms with Gasteiger partial charge in [-0.15, -0.1) is 0 Å². The van der Waals surface area contributed by atoms with Gasteiger partial charge in [-0.3, -0.25) is 0 Å². The number of ether oxygens (including phenoxy) is 1. The third-order valence-corrected chi connectivity index (χ3v) is 2.67. The van der Waals surface area contributed by atoms with E-state index in [0.29, 0.717) is 36.1 Å². The predicted molar refractivity (Wildman–Crippen MR) is 76.1 cm³/mol. The summed E-state index contributed by atoms with van der Waals surface area (Å²) in [6.07, 6.45) is 1.41. The van der Waals surface area contributed by atoms with Crippen molar-refractivity contribution in [2.24, 2.45) is 0 Å². The summed E-state index contributed by atoms with van der Waals surface area (Å²) in [5.41, 5.74) is 7.98. The van der Waals surface area contributed by atoms with Crippen LogP contribution in [0.5, 0.6) is 5.88 Å². The van der Waals surface area contributed by atoms with Gasteiger partial charge in [0.05, 0.1) is 18.2 Å². The van der Waals surface area contributed by atoms with Crippen LogP contribution < -0.4 is 15.8 Å². The van der Waals surface area contributed by atoms with Crippen molar-refractivity contribution < 1.29 is 4.74 Å². The lowest BCUT2D eigenvalue weighted by atomic mass is 10.1. The molecule has 6 nitrogen and oxygen atoms in total. The van der Waals surface area contributed by atoms with Crippen molar-refractivity contribution >= 4 is 11.5 Å². The normalized spacial score (nSPS) is 9.80. The highest BCUT2D eigenvalue weighted by atomic mass is 16.5. The first kappa shape index (κ1) is 13.6. The molecule has 0 fully saturated rings. The van der Waals surface area contributed by atoms with E-state index in [1.807, 2.05) is 19.1 Å². The van der Waals surface area contributed by atoms with Crippen LogP contribution in [0.25, 0.3) is 0 Å². The van der Waals surface area contributed by atoms with Gasteiger partial charge in [-0.1, -0.05) is 12.1 Å². The molecule has 1 aromatic heterocycles. The van der Waals surface area contributed by atoms with Gasteiger partial charge in [-0.05, 0) is 24.6 Å². The minimum Gasteiger partial charge on any atom is -0.476 e. The Morgan fingerprint density at radius 3 is 2.70 bits per heavy atom. The largest absolute Gasteiger partial charge is 0.476 e. The smallest absolute Gasteiger partial charge is 0.242 e. The van der Waals surface area contributed by atoms with Gasteiger partial charge in [0.25, 0.3) is 0 Å². The lowest BCUT2D eigenvalue weighted by molar-refractivity contribution is 0.328. The van der Waals surface area contributed by atoms with Crippen molar-refractivity contribution in [3.05, 3.63) is 41.7 Å². The molecule has 1 aromatic carbocycles. The van der Waals surface area contributed by atoms with E-state index in [9.17, 15) is 0 Å². The van der Waals surface area contributed by atoms with Crippen LogP contribution in [0.2, 0.25) is 0 Å². The quantitative estimate of drug-likeness (QED) is 0.861. The Bertz CT molecular complexity index is 618. The molecule has 0 unspecified atom stereocenters. The number of nitrogens with two attached hydrogens (primary N) is 1. The molecule has 102 valence electrons. The maximum absolute atomic E-state index is 8.74. The summed E-state index contributed by atoms with van der Waals surface area (Å²) in [7, 11) is 0. The minimum atomic E-state index is 0.379. The molecule has 0 saturated carbocycles. The second-order valence-electron chi connectivity index (χ2n) is 4.04. The summed E-state index contributed by atoms with van der Waals surface area (Å²) < 4.78 is 5.31. The Balaban J connectivity index is 2.06. The zero-order valence-electron chi connectivity index (χ0n) is 11.1. The molecular weight excluding hydrogens is 254 g/mol. The number of hydrogen-bond acceptors (Lipinski definition) is 6. The van der Waals surface area contributed by atoms with Gasteiger partial charge in [0.15, 0.2) is 5.82 Å². The Morgan fingerprint density at radius 2 is 2.05 bits per heavy atom. The van der Waals surface area contributed by atoms with E-state index < -0.39 is 0 Å². The molecule has 0 aliphatic carbocycles. The zero-order chi connectivity index (χ0) is 14.4. The molecule has 6 heteroatoms. The highest BCUT2D eigenvalue weighted by Crippen LogP contribution is 2.24. The minimum absolute atomic E-state index is 0.379. The molecule has 0 radical (unpaired) electrons. The summed E-state index contributed by atoms with van der Waals surface area (Å²) in [6.45, 7) is 2.92. The summed E-state index contributed by atoms with van der Waals surface area (Å²) in [6, 6.07) is 9.38. The topological polar surface area (TPSA) is 96.9 Å². The number of aromatic nitrogens is 2. The Labute approximate surface area is 117 Å². The molecule has 0 bridgehead atoms. The summed E-state index contributed by atoms with van der Waals surface area (Å²) in [5.74, 6) is 0.914. The van der Waals surface area contributed by atoms with Gasteiger partial charge in [-0.2, -0.15) is 10.2 Å². The highest BCUT2D eigenvalue weighted by Gasteiger charge is 2.08. The fraction of sp³-hybridized carbons (Fsp3) is 0.214. The Morgan fingerprint density at radius 1 is 1.30 bits per heavy atom. The maximum atomic E-state index is 8.74. The first-order valence-corrected chi connectivity index (χ1v) is 6.20. The first-order valence-electron chi connectivity index (χ1n) is 6.20. The third-order valence-electron chi connectivity index (χ3n) is 2.67. The molecule has 0 saturated heterocycles. The molecule has 3 N–H and O–H groups in total. The third kappa shape index (κ3) is 3.14. The monoisotopic (exact) mass is 269 g/mol. The van der Waals surface area contributed by atoms with E-state index in [1.165, 1.54) is 6.33 Å². The highest BCUT2D eigenvalue weighted by molar-refractivity contribution is 5.66. The molecule has 2 aromatic rings. The number of nitrogens with zero attached hydrogens (tertiary/aromatic N) is 3. The lowest BCUT2D eigenvalue weighted by Gasteiger charge is -2.11. The standard InChI is InChI=1S/C14H15N5O/c1-2-20-14-12(16)13(18-9-19-14)17-8-11-5-3-10(7-15)4-6-11/h3-6,9H,2,8,16H2,1H3,(H,17,18,19). The van der Waals surface area contributed by atoms with Gasteiger partial charge in [0.1, 0.15) is 12.0 Å². The van der Waals surface area contributed by atoms with E-state index >= 15 is 0 Å².